The van der Waals surface area contributed by atoms with Crippen molar-refractivity contribution in [3.63, 3.8) is 0 Å². The fourth-order valence-electron chi connectivity index (χ4n) is 1.95. The van der Waals surface area contributed by atoms with E-state index in [-0.39, 0.29) is 24.8 Å². The van der Waals surface area contributed by atoms with Crippen molar-refractivity contribution in [2.45, 2.75) is 6.42 Å². The van der Waals surface area contributed by atoms with Crippen LogP contribution in [-0.2, 0) is 0 Å². The number of ether oxygens (including phenoxy) is 1. The molecule has 0 aliphatic carbocycles. The average Bonchev–Trinajstić information content (AvgIpc) is 2.57. The number of nitrogens with one attached hydrogen (secondary N) is 1. The molecule has 0 aliphatic heterocycles. The molecule has 1 N–H and O–H groups in total. The molecule has 0 aliphatic rings. The van der Waals surface area contributed by atoms with Crippen molar-refractivity contribution < 1.29 is 14.3 Å². The van der Waals surface area contributed by atoms with Gasteiger partial charge in [0, 0.05) is 31.8 Å². The molecule has 2 aromatic rings. The number of urea groups is 1. The number of Topliss-reactive ketones (excluding diaryl/α,β-unsaturated/α-hetero) is 1. The Labute approximate surface area is 146 Å². The van der Waals surface area contributed by atoms with Crippen LogP contribution in [0.15, 0.2) is 48.5 Å². The van der Waals surface area contributed by atoms with Gasteiger partial charge in [-0.15, -0.1) is 0 Å². The van der Waals surface area contributed by atoms with Gasteiger partial charge < -0.3 is 15.0 Å². The summed E-state index contributed by atoms with van der Waals surface area (Å²) in [6.07, 6.45) is 0.263. The van der Waals surface area contributed by atoms with Gasteiger partial charge >= 0.3 is 6.03 Å². The third-order valence-corrected chi connectivity index (χ3v) is 3.57. The predicted molar refractivity (Wildman–Crippen MR) is 95.0 cm³/mol. The molecule has 0 fully saturated rings. The molecule has 0 unspecified atom stereocenters. The summed E-state index contributed by atoms with van der Waals surface area (Å²) in [6.45, 7) is 0.233. The van der Waals surface area contributed by atoms with E-state index in [9.17, 15) is 9.59 Å². The lowest BCUT2D eigenvalue weighted by atomic mass is 10.1. The maximum atomic E-state index is 12.0. The lowest BCUT2D eigenvalue weighted by Crippen LogP contribution is -2.27. The topological polar surface area (TPSA) is 58.6 Å². The van der Waals surface area contributed by atoms with Gasteiger partial charge in [-0.05, 0) is 18.2 Å². The molecule has 0 spiro atoms. The van der Waals surface area contributed by atoms with Crippen molar-refractivity contribution >= 4 is 29.1 Å². The van der Waals surface area contributed by atoms with E-state index in [1.807, 2.05) is 18.2 Å². The Bertz CT molecular complexity index is 717. The minimum atomic E-state index is -0.242. The van der Waals surface area contributed by atoms with Gasteiger partial charge in [-0.1, -0.05) is 41.9 Å². The van der Waals surface area contributed by atoms with Crippen LogP contribution in [0.2, 0.25) is 5.02 Å². The summed E-state index contributed by atoms with van der Waals surface area (Å²) >= 11 is 6.15. The van der Waals surface area contributed by atoms with Gasteiger partial charge in [-0.3, -0.25) is 4.79 Å². The summed E-state index contributed by atoms with van der Waals surface area (Å²) in [4.78, 5) is 25.0. The quantitative estimate of drug-likeness (QED) is 0.801. The lowest BCUT2D eigenvalue weighted by Gasteiger charge is -2.13. The van der Waals surface area contributed by atoms with Crippen LogP contribution < -0.4 is 10.1 Å². The summed E-state index contributed by atoms with van der Waals surface area (Å²) in [6, 6.07) is 13.8. The number of halogens is 1. The van der Waals surface area contributed by atoms with Crippen molar-refractivity contribution in [2.75, 3.05) is 26.0 Å². The number of rotatable bonds is 6. The Morgan fingerprint density at radius 3 is 2.46 bits per heavy atom. The smallest absolute Gasteiger partial charge is 0.321 e. The van der Waals surface area contributed by atoms with E-state index >= 15 is 0 Å². The van der Waals surface area contributed by atoms with Gasteiger partial charge in [0.25, 0.3) is 0 Å². The number of hydrogen-bond acceptors (Lipinski definition) is 3. The summed E-state index contributed by atoms with van der Waals surface area (Å²) in [7, 11) is 3.30. The van der Waals surface area contributed by atoms with Crippen LogP contribution >= 0.6 is 11.6 Å². The first-order valence-electron chi connectivity index (χ1n) is 7.46. The monoisotopic (exact) mass is 346 g/mol. The van der Waals surface area contributed by atoms with Crippen molar-refractivity contribution in [1.82, 2.24) is 4.90 Å². The first kappa shape index (κ1) is 17.8. The van der Waals surface area contributed by atoms with Crippen LogP contribution in [0.25, 0.3) is 0 Å². The molecular formula is C18H19ClN2O3. The minimum absolute atomic E-state index is 0.0154. The molecule has 5 nitrogen and oxygen atoms in total. The molecule has 24 heavy (non-hydrogen) atoms. The molecule has 0 saturated heterocycles. The van der Waals surface area contributed by atoms with E-state index in [1.165, 1.54) is 4.90 Å². The Morgan fingerprint density at radius 2 is 1.83 bits per heavy atom. The van der Waals surface area contributed by atoms with Crippen LogP contribution in [0.4, 0.5) is 10.5 Å². The maximum absolute atomic E-state index is 12.0. The molecule has 126 valence electrons. The third kappa shape index (κ3) is 4.99. The minimum Gasteiger partial charge on any atom is -0.492 e. The summed E-state index contributed by atoms with van der Waals surface area (Å²) in [5, 5.41) is 3.07. The Morgan fingerprint density at radius 1 is 1.12 bits per heavy atom. The largest absolute Gasteiger partial charge is 0.492 e. The van der Waals surface area contributed by atoms with Crippen molar-refractivity contribution in [1.29, 1.82) is 0 Å². The summed E-state index contributed by atoms with van der Waals surface area (Å²) in [5.41, 5.74) is 1.24. The van der Waals surface area contributed by atoms with Crippen LogP contribution in [0.3, 0.4) is 0 Å². The highest BCUT2D eigenvalue weighted by atomic mass is 35.5. The molecule has 6 heteroatoms. The predicted octanol–water partition coefficient (Wildman–Crippen LogP) is 4.09. The number of nitrogens with zero attached hydrogens (tertiary/aromatic N) is 1. The normalized spacial score (nSPS) is 10.1. The van der Waals surface area contributed by atoms with E-state index < -0.39 is 0 Å². The number of hydrogen-bond donors (Lipinski definition) is 1. The summed E-state index contributed by atoms with van der Waals surface area (Å²) in [5.74, 6) is 0.488. The first-order valence-corrected chi connectivity index (χ1v) is 7.84. The molecule has 0 atom stereocenters. The third-order valence-electron chi connectivity index (χ3n) is 3.27. The van der Waals surface area contributed by atoms with Crippen molar-refractivity contribution in [3.05, 3.63) is 59.1 Å². The second-order valence-corrected chi connectivity index (χ2v) is 5.76. The molecule has 2 aromatic carbocycles. The highest BCUT2D eigenvalue weighted by molar-refractivity contribution is 6.32. The van der Waals surface area contributed by atoms with Gasteiger partial charge in [-0.2, -0.15) is 0 Å². The Kier molecular flexibility index (Phi) is 6.21. The number of amides is 2. The summed E-state index contributed by atoms with van der Waals surface area (Å²) < 4.78 is 5.56. The Balaban J connectivity index is 1.89. The fraction of sp³-hybridized carbons (Fsp3) is 0.222. The first-order chi connectivity index (χ1) is 11.5. The van der Waals surface area contributed by atoms with Crippen molar-refractivity contribution in [2.24, 2.45) is 0 Å². The highest BCUT2D eigenvalue weighted by Gasteiger charge is 2.09. The SMILES string of the molecule is CN(C)C(=O)Nc1ccc(OCCC(=O)c2ccccc2)c(Cl)c1. The zero-order valence-electron chi connectivity index (χ0n) is 13.6. The van der Waals surface area contributed by atoms with Gasteiger partial charge in [0.1, 0.15) is 5.75 Å². The van der Waals surface area contributed by atoms with Crippen LogP contribution in [0.1, 0.15) is 16.8 Å². The lowest BCUT2D eigenvalue weighted by molar-refractivity contribution is 0.0962. The van der Waals surface area contributed by atoms with Gasteiger partial charge in [0.15, 0.2) is 5.78 Å². The second kappa shape index (κ2) is 8.36. The number of ketones is 1. The molecule has 2 rings (SSSR count). The number of benzene rings is 2. The maximum Gasteiger partial charge on any atom is 0.321 e. The van der Waals surface area contributed by atoms with Gasteiger partial charge in [0.2, 0.25) is 0 Å². The molecule has 0 heterocycles. The standard InChI is InChI=1S/C18H19ClN2O3/c1-21(2)18(23)20-14-8-9-17(15(19)12-14)24-11-10-16(22)13-6-4-3-5-7-13/h3-9,12H,10-11H2,1-2H3,(H,20,23). The van der Waals surface area contributed by atoms with Gasteiger partial charge in [0.05, 0.1) is 11.6 Å². The molecule has 0 bridgehead atoms. The van der Waals surface area contributed by atoms with Crippen LogP contribution in [-0.4, -0.2) is 37.4 Å². The zero-order chi connectivity index (χ0) is 17.5. The van der Waals surface area contributed by atoms with E-state index in [0.29, 0.717) is 22.0 Å². The van der Waals surface area contributed by atoms with Crippen LogP contribution in [0.5, 0.6) is 5.75 Å². The molecule has 0 aromatic heterocycles. The van der Waals surface area contributed by atoms with Crippen LogP contribution in [0, 0.1) is 0 Å². The number of anilines is 1. The average molecular weight is 347 g/mol. The molecule has 0 saturated carbocycles. The Hall–Kier alpha value is -2.53. The molecule has 0 radical (unpaired) electrons. The highest BCUT2D eigenvalue weighted by Crippen LogP contribution is 2.28. The zero-order valence-corrected chi connectivity index (χ0v) is 14.3. The van der Waals surface area contributed by atoms with Gasteiger partial charge in [-0.25, -0.2) is 4.79 Å². The van der Waals surface area contributed by atoms with Crippen molar-refractivity contribution in [3.8, 4) is 5.75 Å². The molecule has 2 amide bonds. The van der Waals surface area contributed by atoms with E-state index in [0.717, 1.165) is 0 Å². The van der Waals surface area contributed by atoms with E-state index in [2.05, 4.69) is 5.32 Å². The molecular weight excluding hydrogens is 328 g/mol. The number of carbonyl (C=O) groups excluding carboxylic acids is 2. The second-order valence-electron chi connectivity index (χ2n) is 5.36. The fourth-order valence-corrected chi connectivity index (χ4v) is 2.19. The van der Waals surface area contributed by atoms with E-state index in [4.69, 9.17) is 16.3 Å². The number of carbonyl (C=O) groups is 2. The van der Waals surface area contributed by atoms with E-state index in [1.54, 1.807) is 44.4 Å².